The fraction of sp³-hybridized carbons (Fsp3) is 0.500. The molecule has 0 aromatic rings. The molecular weight excluding hydrogens is 165 g/mol. The van der Waals surface area contributed by atoms with Crippen molar-refractivity contribution < 1.29 is 9.69 Å². The minimum Gasteiger partial charge on any atom is -0.369 e. The second kappa shape index (κ2) is 2.82. The highest BCUT2D eigenvalue weighted by atomic mass is 32.9. The first-order chi connectivity index (χ1) is 3.42. The zero-order valence-electron chi connectivity index (χ0n) is 3.94. The molecule has 0 fully saturated rings. The maximum atomic E-state index is 9.99. The van der Waals surface area contributed by atoms with Gasteiger partial charge in [-0.05, 0) is 0 Å². The van der Waals surface area contributed by atoms with Gasteiger partial charge in [-0.3, -0.25) is 4.79 Å². The molecule has 0 saturated carbocycles. The Bertz CT molecular complexity index is 141. The van der Waals surface area contributed by atoms with Crippen LogP contribution in [-0.4, -0.2) is 17.0 Å². The topological polar surface area (TPSA) is 63.3 Å². The van der Waals surface area contributed by atoms with E-state index in [4.69, 9.17) is 10.6 Å². The number of hydrogen-bond acceptors (Lipinski definition) is 2. The summed E-state index contributed by atoms with van der Waals surface area (Å²) in [5, 5.41) is 0. The number of nitrogens with two attached hydrogens (primary N) is 1. The predicted molar refractivity (Wildman–Crippen MR) is 39.6 cm³/mol. The molecule has 0 radical (unpaired) electrons. The Hall–Kier alpha value is 0.430. The lowest BCUT2D eigenvalue weighted by atomic mass is 10.8. The minimum atomic E-state index is -2.67. The van der Waals surface area contributed by atoms with Gasteiger partial charge in [-0.25, -0.2) is 0 Å². The van der Waals surface area contributed by atoms with Crippen molar-refractivity contribution in [3.63, 3.8) is 0 Å². The molecule has 0 bridgehead atoms. The summed E-state index contributed by atoms with van der Waals surface area (Å²) in [6.45, 7) is 0. The van der Waals surface area contributed by atoms with E-state index in [1.54, 1.807) is 0 Å². The number of primary amides is 1. The summed E-state index contributed by atoms with van der Waals surface area (Å²) >= 11 is 7.97. The van der Waals surface area contributed by atoms with Crippen molar-refractivity contribution in [3.8, 4) is 0 Å². The molecular formula is C2H6NO2PS2. The average molecular weight is 171 g/mol. The molecule has 1 atom stereocenters. The van der Waals surface area contributed by atoms with Gasteiger partial charge in [0.15, 0.2) is 0 Å². The molecule has 0 aromatic heterocycles. The van der Waals surface area contributed by atoms with Crippen molar-refractivity contribution in [1.29, 1.82) is 0 Å². The monoisotopic (exact) mass is 171 g/mol. The van der Waals surface area contributed by atoms with Gasteiger partial charge in [0.1, 0.15) is 5.47 Å². The third-order valence-corrected chi connectivity index (χ3v) is 1.90. The highest BCUT2D eigenvalue weighted by Crippen LogP contribution is 2.45. The van der Waals surface area contributed by atoms with E-state index in [1.807, 2.05) is 0 Å². The summed E-state index contributed by atoms with van der Waals surface area (Å²) in [5.74, 6) is -0.606. The van der Waals surface area contributed by atoms with Gasteiger partial charge in [-0.15, -0.1) is 12.2 Å². The van der Waals surface area contributed by atoms with Crippen LogP contribution in [-0.2, 0) is 16.6 Å². The Morgan fingerprint density at radius 3 is 2.38 bits per heavy atom. The minimum absolute atomic E-state index is 0.189. The largest absolute Gasteiger partial charge is 0.369 e. The van der Waals surface area contributed by atoms with E-state index >= 15 is 0 Å². The van der Waals surface area contributed by atoms with E-state index in [2.05, 4.69) is 24.1 Å². The van der Waals surface area contributed by atoms with Gasteiger partial charge in [0, 0.05) is 0 Å². The highest BCUT2D eigenvalue weighted by Gasteiger charge is 2.08. The molecule has 3 nitrogen and oxygen atoms in total. The van der Waals surface area contributed by atoms with Gasteiger partial charge in [0.05, 0.1) is 6.16 Å². The molecule has 48 valence electrons. The van der Waals surface area contributed by atoms with Crippen LogP contribution in [0.2, 0.25) is 0 Å². The summed E-state index contributed by atoms with van der Waals surface area (Å²) in [4.78, 5) is 18.7. The number of rotatable bonds is 2. The first kappa shape index (κ1) is 8.43. The van der Waals surface area contributed by atoms with Gasteiger partial charge in [-0.2, -0.15) is 0 Å². The lowest BCUT2D eigenvalue weighted by Crippen LogP contribution is -2.14. The van der Waals surface area contributed by atoms with Gasteiger partial charge in [-0.1, -0.05) is 11.8 Å². The number of carbonyl (C=O) groups excluding carboxylic acids is 1. The maximum absolute atomic E-state index is 9.99. The van der Waals surface area contributed by atoms with Gasteiger partial charge >= 0.3 is 0 Å². The quantitative estimate of drug-likeness (QED) is 0.395. The Morgan fingerprint density at radius 2 is 2.38 bits per heavy atom. The molecule has 0 rings (SSSR count). The lowest BCUT2D eigenvalue weighted by Gasteiger charge is -2.01. The van der Waals surface area contributed by atoms with Crippen molar-refractivity contribution in [2.24, 2.45) is 5.73 Å². The van der Waals surface area contributed by atoms with Crippen molar-refractivity contribution >= 4 is 35.4 Å². The van der Waals surface area contributed by atoms with Crippen LogP contribution < -0.4 is 5.73 Å². The molecule has 0 aliphatic heterocycles. The molecule has 0 saturated heterocycles. The normalized spacial score (nSPS) is 17.2. The molecule has 6 heteroatoms. The Balaban J connectivity index is 3.74. The van der Waals surface area contributed by atoms with Crippen LogP contribution in [0, 0.1) is 0 Å². The van der Waals surface area contributed by atoms with Crippen LogP contribution in [0.4, 0.5) is 0 Å². The molecule has 0 aliphatic carbocycles. The highest BCUT2D eigenvalue weighted by molar-refractivity contribution is 8.61. The smallest absolute Gasteiger partial charge is 0.225 e. The molecule has 1 unspecified atom stereocenters. The standard InChI is InChI=1S/C2H6NO2PS2/c3-2(4)1-6(5,7)8/h1H2,(H2,3,4)(H2,5,7,8). The molecule has 0 heterocycles. The summed E-state index contributed by atoms with van der Waals surface area (Å²) in [5.41, 5.74) is 2.02. The number of thiol groups is 1. The average Bonchev–Trinajstić information content (AvgIpc) is 1.21. The van der Waals surface area contributed by atoms with E-state index in [-0.39, 0.29) is 6.16 Å². The van der Waals surface area contributed by atoms with Crippen molar-refractivity contribution in [1.82, 2.24) is 0 Å². The fourth-order valence-corrected chi connectivity index (χ4v) is 1.41. The second-order valence-corrected chi connectivity index (χ2v) is 7.54. The second-order valence-electron chi connectivity index (χ2n) is 1.29. The molecule has 1 amide bonds. The first-order valence-electron chi connectivity index (χ1n) is 1.75. The summed E-state index contributed by atoms with van der Waals surface area (Å²) in [6, 6.07) is 0. The van der Waals surface area contributed by atoms with Crippen LogP contribution in [0.3, 0.4) is 0 Å². The third kappa shape index (κ3) is 6.43. The zero-order valence-corrected chi connectivity index (χ0v) is 6.55. The Labute approximate surface area is 57.5 Å². The molecule has 0 aromatic carbocycles. The first-order valence-corrected chi connectivity index (χ1v) is 5.84. The Kier molecular flexibility index (Phi) is 2.98. The molecule has 3 N–H and O–H groups in total. The van der Waals surface area contributed by atoms with Gasteiger partial charge < -0.3 is 10.6 Å². The third-order valence-electron chi connectivity index (χ3n) is 0.362. The van der Waals surface area contributed by atoms with Gasteiger partial charge in [0.25, 0.3) is 0 Å². The number of amides is 1. The van der Waals surface area contributed by atoms with Crippen molar-refractivity contribution in [2.75, 3.05) is 6.16 Å². The van der Waals surface area contributed by atoms with Crippen LogP contribution in [0.15, 0.2) is 0 Å². The van der Waals surface area contributed by atoms with Crippen molar-refractivity contribution in [2.45, 2.75) is 0 Å². The SMILES string of the molecule is NC(=O)CP(O)(=S)S. The van der Waals surface area contributed by atoms with E-state index in [9.17, 15) is 4.79 Å². The summed E-state index contributed by atoms with van der Waals surface area (Å²) in [6.07, 6.45) is -0.189. The number of hydrogen-bond donors (Lipinski definition) is 3. The van der Waals surface area contributed by atoms with Crippen LogP contribution in [0.5, 0.6) is 0 Å². The molecule has 0 spiro atoms. The van der Waals surface area contributed by atoms with Crippen LogP contribution in [0.25, 0.3) is 0 Å². The predicted octanol–water partition coefficient (Wildman–Crippen LogP) is -0.297. The van der Waals surface area contributed by atoms with E-state index in [0.717, 1.165) is 0 Å². The van der Waals surface area contributed by atoms with Crippen LogP contribution in [0.1, 0.15) is 0 Å². The van der Waals surface area contributed by atoms with Crippen molar-refractivity contribution in [3.05, 3.63) is 0 Å². The molecule has 0 aliphatic rings. The molecule has 8 heavy (non-hydrogen) atoms. The lowest BCUT2D eigenvalue weighted by molar-refractivity contribution is -0.115. The number of carbonyl (C=O) groups is 1. The van der Waals surface area contributed by atoms with E-state index in [1.165, 1.54) is 0 Å². The maximum Gasteiger partial charge on any atom is 0.225 e. The summed E-state index contributed by atoms with van der Waals surface area (Å²) < 4.78 is 0. The van der Waals surface area contributed by atoms with E-state index in [0.29, 0.717) is 0 Å². The fourth-order valence-electron chi connectivity index (χ4n) is 0.203. The van der Waals surface area contributed by atoms with E-state index < -0.39 is 11.4 Å². The van der Waals surface area contributed by atoms with Crippen LogP contribution >= 0.6 is 17.7 Å². The Morgan fingerprint density at radius 1 is 2.00 bits per heavy atom. The zero-order chi connectivity index (χ0) is 6.78. The van der Waals surface area contributed by atoms with Gasteiger partial charge in [0.2, 0.25) is 5.91 Å². The summed E-state index contributed by atoms with van der Waals surface area (Å²) in [7, 11) is 0.